The van der Waals surface area contributed by atoms with E-state index in [1.165, 1.54) is 0 Å². The Bertz CT molecular complexity index is 675. The van der Waals surface area contributed by atoms with Crippen LogP contribution < -0.4 is 10.3 Å². The van der Waals surface area contributed by atoms with Gasteiger partial charge in [-0.1, -0.05) is 0 Å². The predicted octanol–water partition coefficient (Wildman–Crippen LogP) is 2.22. The van der Waals surface area contributed by atoms with Crippen molar-refractivity contribution in [3.8, 4) is 5.75 Å². The van der Waals surface area contributed by atoms with Gasteiger partial charge < -0.3 is 9.47 Å². The van der Waals surface area contributed by atoms with Crippen LogP contribution in [-0.4, -0.2) is 29.9 Å². The summed E-state index contributed by atoms with van der Waals surface area (Å²) in [5.41, 5.74) is 0.711. The number of fused-ring (bicyclic) bond motifs is 1. The summed E-state index contributed by atoms with van der Waals surface area (Å²) in [5.74, 6) is 1.33. The first kappa shape index (κ1) is 14.1. The van der Waals surface area contributed by atoms with E-state index in [4.69, 9.17) is 9.47 Å². The quantitative estimate of drug-likeness (QED) is 0.846. The molecule has 0 amide bonds. The molecule has 1 aromatic carbocycles. The molecule has 0 spiro atoms. The minimum absolute atomic E-state index is 0.00146. The summed E-state index contributed by atoms with van der Waals surface area (Å²) in [6, 6.07) is 5.39. The van der Waals surface area contributed by atoms with Gasteiger partial charge in [-0.25, -0.2) is 4.98 Å². The maximum Gasteiger partial charge on any atom is 0.261 e. The van der Waals surface area contributed by atoms with Gasteiger partial charge in [0.25, 0.3) is 5.56 Å². The average molecular weight is 288 g/mol. The molecule has 1 aliphatic heterocycles. The van der Waals surface area contributed by atoms with Crippen LogP contribution in [0, 0.1) is 5.92 Å². The van der Waals surface area contributed by atoms with Gasteiger partial charge in [0, 0.05) is 19.8 Å². The number of nitrogens with zero attached hydrogens (tertiary/aromatic N) is 2. The molecule has 2 heterocycles. The Morgan fingerprint density at radius 2 is 2.38 bits per heavy atom. The molecule has 112 valence electrons. The van der Waals surface area contributed by atoms with Crippen LogP contribution in [0.15, 0.2) is 29.3 Å². The lowest BCUT2D eigenvalue weighted by Gasteiger charge is -2.09. The van der Waals surface area contributed by atoms with E-state index in [9.17, 15) is 4.79 Å². The van der Waals surface area contributed by atoms with Gasteiger partial charge in [0.1, 0.15) is 5.75 Å². The molecule has 0 aliphatic carbocycles. The van der Waals surface area contributed by atoms with Crippen LogP contribution in [0.25, 0.3) is 10.9 Å². The van der Waals surface area contributed by atoms with Gasteiger partial charge in [0.05, 0.1) is 24.3 Å². The van der Waals surface area contributed by atoms with Gasteiger partial charge in [-0.2, -0.15) is 0 Å². The number of benzene rings is 1. The summed E-state index contributed by atoms with van der Waals surface area (Å²) in [5, 5.41) is 0.612. The second kappa shape index (κ2) is 6.26. The highest BCUT2D eigenvalue weighted by Gasteiger charge is 2.15. The van der Waals surface area contributed by atoms with E-state index < -0.39 is 0 Å². The van der Waals surface area contributed by atoms with Crippen LogP contribution in [0.4, 0.5) is 0 Å². The molecule has 3 rings (SSSR count). The molecule has 1 aromatic heterocycles. The zero-order chi connectivity index (χ0) is 14.7. The summed E-state index contributed by atoms with van der Waals surface area (Å²) in [7, 11) is 1.60. The molecule has 0 bridgehead atoms. The Labute approximate surface area is 123 Å². The molecule has 0 radical (unpaired) electrons. The van der Waals surface area contributed by atoms with E-state index in [0.717, 1.165) is 32.5 Å². The Morgan fingerprint density at radius 3 is 3.14 bits per heavy atom. The molecule has 1 saturated heterocycles. The maximum atomic E-state index is 12.5. The Kier molecular flexibility index (Phi) is 4.20. The SMILES string of the molecule is COc1ccc2ncn(CCC[C@@H]3CCOC3)c(=O)c2c1. The molecule has 21 heavy (non-hydrogen) atoms. The van der Waals surface area contributed by atoms with Gasteiger partial charge in [-0.05, 0) is 43.4 Å². The Hall–Kier alpha value is -1.88. The lowest BCUT2D eigenvalue weighted by molar-refractivity contribution is 0.183. The lowest BCUT2D eigenvalue weighted by Crippen LogP contribution is -2.21. The second-order valence-electron chi connectivity index (χ2n) is 5.50. The molecular weight excluding hydrogens is 268 g/mol. The van der Waals surface area contributed by atoms with Crippen LogP contribution in [0.3, 0.4) is 0 Å². The largest absolute Gasteiger partial charge is 0.497 e. The number of hydrogen-bond acceptors (Lipinski definition) is 4. The molecule has 1 atom stereocenters. The summed E-state index contributed by atoms with van der Waals surface area (Å²) < 4.78 is 12.2. The number of methoxy groups -OCH3 is 1. The van der Waals surface area contributed by atoms with E-state index in [0.29, 0.717) is 29.1 Å². The number of hydrogen-bond donors (Lipinski definition) is 0. The van der Waals surface area contributed by atoms with Crippen LogP contribution >= 0.6 is 0 Å². The van der Waals surface area contributed by atoms with Gasteiger partial charge in [-0.3, -0.25) is 9.36 Å². The number of ether oxygens (including phenoxy) is 2. The van der Waals surface area contributed by atoms with Crippen molar-refractivity contribution in [2.24, 2.45) is 5.92 Å². The first-order valence-corrected chi connectivity index (χ1v) is 7.39. The minimum atomic E-state index is 0.00146. The van der Waals surface area contributed by atoms with Crippen LogP contribution in [-0.2, 0) is 11.3 Å². The van der Waals surface area contributed by atoms with Crippen molar-refractivity contribution < 1.29 is 9.47 Å². The van der Waals surface area contributed by atoms with Gasteiger partial charge >= 0.3 is 0 Å². The number of aryl methyl sites for hydroxylation is 1. The number of rotatable bonds is 5. The van der Waals surface area contributed by atoms with Crippen LogP contribution in [0.5, 0.6) is 5.75 Å². The highest BCUT2D eigenvalue weighted by molar-refractivity contribution is 5.78. The van der Waals surface area contributed by atoms with Crippen LogP contribution in [0.1, 0.15) is 19.3 Å². The molecule has 1 aliphatic rings. The topological polar surface area (TPSA) is 53.4 Å². The predicted molar refractivity (Wildman–Crippen MR) is 80.7 cm³/mol. The summed E-state index contributed by atoms with van der Waals surface area (Å²) in [6.45, 7) is 2.44. The fourth-order valence-corrected chi connectivity index (χ4v) is 2.79. The standard InChI is InChI=1S/C16H20N2O3/c1-20-13-4-5-15-14(9-13)16(19)18(11-17-15)7-2-3-12-6-8-21-10-12/h4-5,9,11-12H,2-3,6-8,10H2,1H3/t12-/m1/s1. The summed E-state index contributed by atoms with van der Waals surface area (Å²) >= 11 is 0. The molecule has 5 heteroatoms. The third-order valence-corrected chi connectivity index (χ3v) is 4.07. The number of aromatic nitrogens is 2. The average Bonchev–Trinajstić information content (AvgIpc) is 3.03. The highest BCUT2D eigenvalue weighted by atomic mass is 16.5. The molecule has 1 fully saturated rings. The van der Waals surface area contributed by atoms with Gasteiger partial charge in [-0.15, -0.1) is 0 Å². The van der Waals surface area contributed by atoms with Gasteiger partial charge in [0.15, 0.2) is 0 Å². The van der Waals surface area contributed by atoms with Crippen molar-refractivity contribution in [1.29, 1.82) is 0 Å². The Morgan fingerprint density at radius 1 is 1.48 bits per heavy atom. The normalized spacial score (nSPS) is 18.2. The van der Waals surface area contributed by atoms with E-state index >= 15 is 0 Å². The molecular formula is C16H20N2O3. The highest BCUT2D eigenvalue weighted by Crippen LogP contribution is 2.19. The second-order valence-corrected chi connectivity index (χ2v) is 5.50. The Balaban J connectivity index is 1.75. The van der Waals surface area contributed by atoms with E-state index in [1.807, 2.05) is 12.1 Å². The lowest BCUT2D eigenvalue weighted by atomic mass is 10.0. The van der Waals surface area contributed by atoms with E-state index in [-0.39, 0.29) is 5.56 Å². The van der Waals surface area contributed by atoms with Crippen molar-refractivity contribution in [2.45, 2.75) is 25.8 Å². The molecule has 0 N–H and O–H groups in total. The van der Waals surface area contributed by atoms with Crippen molar-refractivity contribution >= 4 is 10.9 Å². The maximum absolute atomic E-state index is 12.5. The minimum Gasteiger partial charge on any atom is -0.497 e. The van der Waals surface area contributed by atoms with Crippen molar-refractivity contribution in [2.75, 3.05) is 20.3 Å². The van der Waals surface area contributed by atoms with E-state index in [2.05, 4.69) is 4.98 Å². The zero-order valence-corrected chi connectivity index (χ0v) is 12.2. The third kappa shape index (κ3) is 3.08. The monoisotopic (exact) mass is 288 g/mol. The summed E-state index contributed by atoms with van der Waals surface area (Å²) in [6.07, 6.45) is 4.86. The smallest absolute Gasteiger partial charge is 0.261 e. The zero-order valence-electron chi connectivity index (χ0n) is 12.2. The summed E-state index contributed by atoms with van der Waals surface area (Å²) in [4.78, 5) is 16.8. The van der Waals surface area contributed by atoms with Crippen molar-refractivity contribution in [1.82, 2.24) is 9.55 Å². The van der Waals surface area contributed by atoms with Gasteiger partial charge in [0.2, 0.25) is 0 Å². The third-order valence-electron chi connectivity index (χ3n) is 4.07. The van der Waals surface area contributed by atoms with Crippen molar-refractivity contribution in [3.05, 3.63) is 34.9 Å². The van der Waals surface area contributed by atoms with Crippen molar-refractivity contribution in [3.63, 3.8) is 0 Å². The molecule has 2 aromatic rings. The van der Waals surface area contributed by atoms with Crippen LogP contribution in [0.2, 0.25) is 0 Å². The fraction of sp³-hybridized carbons (Fsp3) is 0.500. The molecule has 0 saturated carbocycles. The first-order valence-electron chi connectivity index (χ1n) is 7.39. The van der Waals surface area contributed by atoms with E-state index in [1.54, 1.807) is 24.1 Å². The fourth-order valence-electron chi connectivity index (χ4n) is 2.79. The molecule has 5 nitrogen and oxygen atoms in total. The molecule has 0 unspecified atom stereocenters. The first-order chi connectivity index (χ1) is 10.3.